The summed E-state index contributed by atoms with van der Waals surface area (Å²) in [4.78, 5) is 0. The van der Waals surface area contributed by atoms with Gasteiger partial charge in [-0.25, -0.2) is 4.39 Å². The standard InChI is InChI=1S/C13H21FN2/c1-10(2)13(3,9-15)16-8-11-6-4-5-7-12(11)14/h4-7,10,16H,8-9,15H2,1-3H3. The molecule has 0 fully saturated rings. The molecule has 1 aromatic carbocycles. The molecule has 0 aliphatic heterocycles. The van der Waals surface area contributed by atoms with Crippen LogP contribution in [0.15, 0.2) is 24.3 Å². The third-order valence-electron chi connectivity index (χ3n) is 3.34. The van der Waals surface area contributed by atoms with Crippen LogP contribution in [0.3, 0.4) is 0 Å². The zero-order valence-corrected chi connectivity index (χ0v) is 10.3. The van der Waals surface area contributed by atoms with E-state index in [1.807, 2.05) is 6.07 Å². The molecule has 0 aromatic heterocycles. The van der Waals surface area contributed by atoms with Crippen molar-refractivity contribution in [2.24, 2.45) is 11.7 Å². The maximum absolute atomic E-state index is 13.4. The summed E-state index contributed by atoms with van der Waals surface area (Å²) in [6.07, 6.45) is 0. The van der Waals surface area contributed by atoms with Crippen LogP contribution in [0.25, 0.3) is 0 Å². The molecular formula is C13H21FN2. The van der Waals surface area contributed by atoms with Gasteiger partial charge in [-0.05, 0) is 18.9 Å². The number of benzene rings is 1. The second-order valence-electron chi connectivity index (χ2n) is 4.72. The molecule has 1 unspecified atom stereocenters. The van der Waals surface area contributed by atoms with E-state index in [1.165, 1.54) is 6.07 Å². The maximum Gasteiger partial charge on any atom is 0.127 e. The molecule has 2 nitrogen and oxygen atoms in total. The Kier molecular flexibility index (Phi) is 4.44. The van der Waals surface area contributed by atoms with Gasteiger partial charge in [0.2, 0.25) is 0 Å². The summed E-state index contributed by atoms with van der Waals surface area (Å²) in [6.45, 7) is 7.35. The van der Waals surface area contributed by atoms with E-state index < -0.39 is 0 Å². The molecule has 0 aliphatic carbocycles. The van der Waals surface area contributed by atoms with Gasteiger partial charge >= 0.3 is 0 Å². The first kappa shape index (κ1) is 13.1. The summed E-state index contributed by atoms with van der Waals surface area (Å²) >= 11 is 0. The van der Waals surface area contributed by atoms with Crippen LogP contribution in [-0.2, 0) is 6.54 Å². The van der Waals surface area contributed by atoms with Gasteiger partial charge in [0.15, 0.2) is 0 Å². The van der Waals surface area contributed by atoms with E-state index >= 15 is 0 Å². The fourth-order valence-electron chi connectivity index (χ4n) is 1.45. The van der Waals surface area contributed by atoms with Gasteiger partial charge in [-0.2, -0.15) is 0 Å². The molecule has 0 saturated carbocycles. The monoisotopic (exact) mass is 224 g/mol. The van der Waals surface area contributed by atoms with Crippen LogP contribution >= 0.6 is 0 Å². The van der Waals surface area contributed by atoms with E-state index in [2.05, 4.69) is 26.1 Å². The summed E-state index contributed by atoms with van der Waals surface area (Å²) in [6, 6.07) is 6.81. The van der Waals surface area contributed by atoms with Gasteiger partial charge in [0.25, 0.3) is 0 Å². The minimum Gasteiger partial charge on any atom is -0.329 e. The summed E-state index contributed by atoms with van der Waals surface area (Å²) in [5.74, 6) is 0.238. The van der Waals surface area contributed by atoms with Crippen molar-refractivity contribution in [2.75, 3.05) is 6.54 Å². The van der Waals surface area contributed by atoms with Crippen LogP contribution in [0.1, 0.15) is 26.3 Å². The van der Waals surface area contributed by atoms with Gasteiger partial charge in [0.05, 0.1) is 0 Å². The number of halogens is 1. The van der Waals surface area contributed by atoms with Gasteiger partial charge in [-0.1, -0.05) is 32.0 Å². The highest BCUT2D eigenvalue weighted by atomic mass is 19.1. The second kappa shape index (κ2) is 5.41. The van der Waals surface area contributed by atoms with E-state index in [1.54, 1.807) is 12.1 Å². The lowest BCUT2D eigenvalue weighted by Crippen LogP contribution is -2.52. The Morgan fingerprint density at radius 2 is 2.00 bits per heavy atom. The summed E-state index contributed by atoms with van der Waals surface area (Å²) < 4.78 is 13.4. The van der Waals surface area contributed by atoms with E-state index in [4.69, 9.17) is 5.73 Å². The van der Waals surface area contributed by atoms with Crippen molar-refractivity contribution in [3.05, 3.63) is 35.6 Å². The molecule has 0 spiro atoms. The van der Waals surface area contributed by atoms with Gasteiger partial charge in [0, 0.05) is 24.2 Å². The molecule has 0 amide bonds. The van der Waals surface area contributed by atoms with E-state index in [-0.39, 0.29) is 11.4 Å². The van der Waals surface area contributed by atoms with E-state index in [9.17, 15) is 4.39 Å². The Hall–Kier alpha value is -0.930. The number of rotatable bonds is 5. The minimum atomic E-state index is -0.168. The summed E-state index contributed by atoms with van der Waals surface area (Å²) in [5, 5.41) is 3.34. The first-order valence-corrected chi connectivity index (χ1v) is 5.68. The molecular weight excluding hydrogens is 203 g/mol. The van der Waals surface area contributed by atoms with Crippen LogP contribution in [0.4, 0.5) is 4.39 Å². The average Bonchev–Trinajstić information content (AvgIpc) is 2.27. The molecule has 3 N–H and O–H groups in total. The van der Waals surface area contributed by atoms with Crippen molar-refractivity contribution in [3.63, 3.8) is 0 Å². The molecule has 0 saturated heterocycles. The fraction of sp³-hybridized carbons (Fsp3) is 0.538. The molecule has 90 valence electrons. The average molecular weight is 224 g/mol. The Balaban J connectivity index is 2.67. The second-order valence-corrected chi connectivity index (χ2v) is 4.72. The summed E-state index contributed by atoms with van der Waals surface area (Å²) in [7, 11) is 0. The lowest BCUT2D eigenvalue weighted by molar-refractivity contribution is 0.266. The Bertz CT molecular complexity index is 338. The van der Waals surface area contributed by atoms with Crippen LogP contribution in [-0.4, -0.2) is 12.1 Å². The van der Waals surface area contributed by atoms with Crippen molar-refractivity contribution in [3.8, 4) is 0 Å². The highest BCUT2D eigenvalue weighted by Crippen LogP contribution is 2.16. The number of hydrogen-bond acceptors (Lipinski definition) is 2. The van der Waals surface area contributed by atoms with Crippen molar-refractivity contribution in [1.29, 1.82) is 0 Å². The Morgan fingerprint density at radius 1 is 1.38 bits per heavy atom. The number of nitrogens with one attached hydrogen (secondary N) is 1. The highest BCUT2D eigenvalue weighted by molar-refractivity contribution is 5.17. The lowest BCUT2D eigenvalue weighted by atomic mass is 9.88. The third-order valence-corrected chi connectivity index (χ3v) is 3.34. The molecule has 1 rings (SSSR count). The predicted octanol–water partition coefficient (Wildman–Crippen LogP) is 2.29. The first-order valence-electron chi connectivity index (χ1n) is 5.68. The van der Waals surface area contributed by atoms with Crippen LogP contribution < -0.4 is 11.1 Å². The molecule has 0 radical (unpaired) electrons. The topological polar surface area (TPSA) is 38.0 Å². The normalized spacial score (nSPS) is 15.1. The Labute approximate surface area is 97.0 Å². The SMILES string of the molecule is CC(C)C(C)(CN)NCc1ccccc1F. The molecule has 1 aromatic rings. The third kappa shape index (κ3) is 3.03. The molecule has 0 aliphatic rings. The van der Waals surface area contributed by atoms with E-state index in [0.717, 1.165) is 0 Å². The molecule has 16 heavy (non-hydrogen) atoms. The molecule has 0 heterocycles. The Morgan fingerprint density at radius 3 is 2.50 bits per heavy atom. The van der Waals surface area contributed by atoms with Crippen LogP contribution in [0.2, 0.25) is 0 Å². The van der Waals surface area contributed by atoms with Crippen LogP contribution in [0.5, 0.6) is 0 Å². The van der Waals surface area contributed by atoms with Gasteiger partial charge in [0.1, 0.15) is 5.82 Å². The van der Waals surface area contributed by atoms with Crippen molar-refractivity contribution >= 4 is 0 Å². The number of hydrogen-bond donors (Lipinski definition) is 2. The van der Waals surface area contributed by atoms with Crippen LogP contribution in [0, 0.1) is 11.7 Å². The van der Waals surface area contributed by atoms with Crippen molar-refractivity contribution in [2.45, 2.75) is 32.9 Å². The van der Waals surface area contributed by atoms with Gasteiger partial charge < -0.3 is 11.1 Å². The number of nitrogens with two attached hydrogens (primary N) is 1. The van der Waals surface area contributed by atoms with E-state index in [0.29, 0.717) is 24.6 Å². The molecule has 1 atom stereocenters. The summed E-state index contributed by atoms with van der Waals surface area (Å²) in [5.41, 5.74) is 6.29. The maximum atomic E-state index is 13.4. The molecule has 0 bridgehead atoms. The van der Waals surface area contributed by atoms with Crippen molar-refractivity contribution in [1.82, 2.24) is 5.32 Å². The highest BCUT2D eigenvalue weighted by Gasteiger charge is 2.25. The zero-order valence-electron chi connectivity index (χ0n) is 10.3. The van der Waals surface area contributed by atoms with Crippen molar-refractivity contribution < 1.29 is 4.39 Å². The smallest absolute Gasteiger partial charge is 0.127 e. The lowest BCUT2D eigenvalue weighted by Gasteiger charge is -2.34. The zero-order chi connectivity index (χ0) is 12.2. The predicted molar refractivity (Wildman–Crippen MR) is 65.5 cm³/mol. The molecule has 3 heteroatoms. The first-order chi connectivity index (χ1) is 7.49. The van der Waals surface area contributed by atoms with Gasteiger partial charge in [-0.3, -0.25) is 0 Å². The largest absolute Gasteiger partial charge is 0.329 e. The minimum absolute atomic E-state index is 0.151. The quantitative estimate of drug-likeness (QED) is 0.805. The fourth-order valence-corrected chi connectivity index (χ4v) is 1.45. The van der Waals surface area contributed by atoms with Gasteiger partial charge in [-0.15, -0.1) is 0 Å².